The van der Waals surface area contributed by atoms with Crippen LogP contribution in [0.4, 0.5) is 5.69 Å². The van der Waals surface area contributed by atoms with E-state index < -0.39 is 10.9 Å². The van der Waals surface area contributed by atoms with Gasteiger partial charge in [-0.1, -0.05) is 12.1 Å². The van der Waals surface area contributed by atoms with Gasteiger partial charge in [-0.2, -0.15) is 0 Å². The van der Waals surface area contributed by atoms with Crippen LogP contribution in [-0.2, 0) is 4.74 Å². The van der Waals surface area contributed by atoms with Gasteiger partial charge in [0.05, 0.1) is 23.2 Å². The number of Topliss-reactive ketones (excluding diaryl/α,β-unsaturated/α-hetero) is 1. The lowest BCUT2D eigenvalue weighted by molar-refractivity contribution is -0.384. The minimum atomic E-state index is -0.550. The molecule has 1 aromatic heterocycles. The van der Waals surface area contributed by atoms with E-state index in [0.29, 0.717) is 22.8 Å². The van der Waals surface area contributed by atoms with Crippen molar-refractivity contribution >= 4 is 23.5 Å². The fourth-order valence-corrected chi connectivity index (χ4v) is 2.92. The molecule has 0 saturated carbocycles. The molecule has 2 heterocycles. The Bertz CT molecular complexity index is 1190. The van der Waals surface area contributed by atoms with Crippen LogP contribution in [0.25, 0.3) is 17.4 Å². The molecule has 0 N–H and O–H groups in total. The van der Waals surface area contributed by atoms with Crippen molar-refractivity contribution in [2.24, 2.45) is 0 Å². The molecule has 0 amide bonds. The molecule has 0 bridgehead atoms. The topological polar surface area (TPSA) is 109 Å². The Hall–Kier alpha value is -4.20. The fraction of sp³-hybridized carbons (Fsp3) is 0.0476. The summed E-state index contributed by atoms with van der Waals surface area (Å²) in [6, 6.07) is 13.8. The average Bonchev–Trinajstić information content (AvgIpc) is 3.32. The van der Waals surface area contributed by atoms with Crippen molar-refractivity contribution in [3.05, 3.63) is 87.4 Å². The molecule has 144 valence electrons. The second-order valence-corrected chi connectivity index (χ2v) is 6.15. The van der Waals surface area contributed by atoms with Gasteiger partial charge in [0, 0.05) is 23.8 Å². The van der Waals surface area contributed by atoms with E-state index in [0.717, 1.165) is 0 Å². The molecule has 8 nitrogen and oxygen atoms in total. The first-order valence-corrected chi connectivity index (χ1v) is 8.47. The zero-order valence-electron chi connectivity index (χ0n) is 15.1. The van der Waals surface area contributed by atoms with Crippen molar-refractivity contribution in [1.29, 1.82) is 0 Å². The number of nitro groups is 1. The Labute approximate surface area is 164 Å². The summed E-state index contributed by atoms with van der Waals surface area (Å²) < 4.78 is 15.9. The molecule has 2 aromatic carbocycles. The van der Waals surface area contributed by atoms with E-state index in [1.807, 2.05) is 0 Å². The van der Waals surface area contributed by atoms with E-state index in [4.69, 9.17) is 9.15 Å². The van der Waals surface area contributed by atoms with E-state index >= 15 is 0 Å². The lowest BCUT2D eigenvalue weighted by Crippen LogP contribution is -2.02. The molecule has 1 aliphatic rings. The number of ketones is 1. The van der Waals surface area contributed by atoms with Gasteiger partial charge in [0.1, 0.15) is 17.3 Å². The average molecular weight is 391 g/mol. The van der Waals surface area contributed by atoms with Crippen LogP contribution in [0.3, 0.4) is 0 Å². The normalized spacial score (nSPS) is 13.8. The van der Waals surface area contributed by atoms with Crippen molar-refractivity contribution in [3.63, 3.8) is 0 Å². The SMILES string of the molecule is COC(=O)c1ccc2c(c1)C(=O)/C(=C\c1ccc(-c3cccc([N+](=O)[O-])c3)o1)O2. The Morgan fingerprint density at radius 2 is 1.97 bits per heavy atom. The Balaban J connectivity index is 1.61. The van der Waals surface area contributed by atoms with Gasteiger partial charge in [0.2, 0.25) is 5.78 Å². The van der Waals surface area contributed by atoms with Crippen molar-refractivity contribution in [2.75, 3.05) is 7.11 Å². The lowest BCUT2D eigenvalue weighted by atomic mass is 10.1. The number of benzene rings is 2. The number of carbonyl (C=O) groups is 2. The van der Waals surface area contributed by atoms with Crippen LogP contribution in [0.1, 0.15) is 26.5 Å². The number of hydrogen-bond acceptors (Lipinski definition) is 7. The highest BCUT2D eigenvalue weighted by Gasteiger charge is 2.29. The predicted octanol–water partition coefficient (Wildman–Crippen LogP) is 4.26. The maximum atomic E-state index is 12.6. The molecule has 3 aromatic rings. The van der Waals surface area contributed by atoms with E-state index in [2.05, 4.69) is 4.74 Å². The molecule has 0 fully saturated rings. The van der Waals surface area contributed by atoms with Crippen LogP contribution in [0, 0.1) is 10.1 Å². The van der Waals surface area contributed by atoms with E-state index in [1.165, 1.54) is 43.5 Å². The number of non-ortho nitro benzene ring substituents is 1. The number of nitrogens with zero attached hydrogens (tertiary/aromatic N) is 1. The number of ether oxygens (including phenoxy) is 2. The number of esters is 1. The number of rotatable bonds is 4. The minimum Gasteiger partial charge on any atom is -0.465 e. The van der Waals surface area contributed by atoms with Crippen LogP contribution in [0.2, 0.25) is 0 Å². The van der Waals surface area contributed by atoms with E-state index in [-0.39, 0.29) is 28.4 Å². The fourth-order valence-electron chi connectivity index (χ4n) is 2.92. The van der Waals surface area contributed by atoms with Crippen LogP contribution < -0.4 is 4.74 Å². The smallest absolute Gasteiger partial charge is 0.337 e. The van der Waals surface area contributed by atoms with Crippen LogP contribution in [-0.4, -0.2) is 23.8 Å². The molecule has 1 aliphatic heterocycles. The number of fused-ring (bicyclic) bond motifs is 1. The number of methoxy groups -OCH3 is 1. The van der Waals surface area contributed by atoms with Crippen molar-refractivity contribution in [1.82, 2.24) is 0 Å². The zero-order chi connectivity index (χ0) is 20.5. The van der Waals surface area contributed by atoms with Gasteiger partial charge >= 0.3 is 5.97 Å². The van der Waals surface area contributed by atoms with Gasteiger partial charge < -0.3 is 13.9 Å². The molecule has 4 rings (SSSR count). The first kappa shape index (κ1) is 18.2. The number of hydrogen-bond donors (Lipinski definition) is 0. The number of carbonyl (C=O) groups excluding carboxylic acids is 2. The largest absolute Gasteiger partial charge is 0.465 e. The molecule has 0 spiro atoms. The van der Waals surface area contributed by atoms with E-state index in [1.54, 1.807) is 24.3 Å². The van der Waals surface area contributed by atoms with Crippen molar-refractivity contribution in [2.45, 2.75) is 0 Å². The highest BCUT2D eigenvalue weighted by molar-refractivity contribution is 6.15. The number of nitro benzene ring substituents is 1. The summed E-state index contributed by atoms with van der Waals surface area (Å²) >= 11 is 0. The maximum Gasteiger partial charge on any atom is 0.337 e. The Morgan fingerprint density at radius 3 is 2.72 bits per heavy atom. The molecular weight excluding hydrogens is 378 g/mol. The Morgan fingerprint density at radius 1 is 1.14 bits per heavy atom. The molecule has 0 atom stereocenters. The third kappa shape index (κ3) is 3.39. The highest BCUT2D eigenvalue weighted by atomic mass is 16.6. The molecular formula is C21H13NO7. The summed E-state index contributed by atoms with van der Waals surface area (Å²) in [4.78, 5) is 34.7. The molecule has 8 heteroatoms. The first-order valence-electron chi connectivity index (χ1n) is 8.47. The molecule has 0 unspecified atom stereocenters. The molecule has 0 radical (unpaired) electrons. The first-order chi connectivity index (χ1) is 14.0. The summed E-state index contributed by atoms with van der Waals surface area (Å²) in [5.41, 5.74) is 0.985. The van der Waals surface area contributed by atoms with Gasteiger partial charge in [0.25, 0.3) is 5.69 Å². The second-order valence-electron chi connectivity index (χ2n) is 6.15. The number of furan rings is 1. The van der Waals surface area contributed by atoms with Crippen LogP contribution in [0.5, 0.6) is 5.75 Å². The van der Waals surface area contributed by atoms with Gasteiger partial charge in [-0.3, -0.25) is 14.9 Å². The summed E-state index contributed by atoms with van der Waals surface area (Å²) in [6.45, 7) is 0. The highest BCUT2D eigenvalue weighted by Crippen LogP contribution is 2.33. The number of allylic oxidation sites excluding steroid dienone is 1. The third-order valence-corrected chi connectivity index (χ3v) is 4.33. The van der Waals surface area contributed by atoms with E-state index in [9.17, 15) is 19.7 Å². The van der Waals surface area contributed by atoms with Gasteiger partial charge in [-0.05, 0) is 30.3 Å². The monoisotopic (exact) mass is 391 g/mol. The van der Waals surface area contributed by atoms with Gasteiger partial charge in [-0.15, -0.1) is 0 Å². The van der Waals surface area contributed by atoms with Gasteiger partial charge in [-0.25, -0.2) is 4.79 Å². The van der Waals surface area contributed by atoms with Crippen LogP contribution in [0.15, 0.2) is 64.8 Å². The standard InChI is InChI=1S/C21H13NO7/c1-27-21(24)13-5-7-18-16(10-13)20(23)19(29-18)11-15-6-8-17(28-15)12-3-2-4-14(9-12)22(25)26/h2-11H,1H3/b19-11+. The summed E-state index contributed by atoms with van der Waals surface area (Å²) in [5.74, 6) is 0.193. The summed E-state index contributed by atoms with van der Waals surface area (Å²) in [7, 11) is 1.26. The molecule has 0 aliphatic carbocycles. The second kappa shape index (κ2) is 7.08. The quantitative estimate of drug-likeness (QED) is 0.283. The molecule has 29 heavy (non-hydrogen) atoms. The Kier molecular flexibility index (Phi) is 4.44. The van der Waals surface area contributed by atoms with Crippen molar-refractivity contribution < 1.29 is 28.4 Å². The van der Waals surface area contributed by atoms with Gasteiger partial charge in [0.15, 0.2) is 5.76 Å². The molecule has 0 saturated heterocycles. The summed E-state index contributed by atoms with van der Waals surface area (Å²) in [5, 5.41) is 10.9. The predicted molar refractivity (Wildman–Crippen MR) is 102 cm³/mol. The summed E-state index contributed by atoms with van der Waals surface area (Å²) in [6.07, 6.45) is 1.43. The van der Waals surface area contributed by atoms with Crippen LogP contribution >= 0.6 is 0 Å². The maximum absolute atomic E-state index is 12.6. The zero-order valence-corrected chi connectivity index (χ0v) is 15.1. The lowest BCUT2D eigenvalue weighted by Gasteiger charge is -2.00. The third-order valence-electron chi connectivity index (χ3n) is 4.33. The van der Waals surface area contributed by atoms with Crippen molar-refractivity contribution in [3.8, 4) is 17.1 Å². The minimum absolute atomic E-state index is 0.0435.